The van der Waals surface area contributed by atoms with Gasteiger partial charge in [-0.1, -0.05) is 0 Å². The zero-order valence-electron chi connectivity index (χ0n) is 8.50. The van der Waals surface area contributed by atoms with E-state index in [0.717, 1.165) is 18.5 Å². The number of hydrogen-bond acceptors (Lipinski definition) is 4. The van der Waals surface area contributed by atoms with Crippen molar-refractivity contribution in [1.82, 2.24) is 19.6 Å². The van der Waals surface area contributed by atoms with Gasteiger partial charge in [-0.2, -0.15) is 4.98 Å². The Hall–Kier alpha value is -1.98. The average molecular weight is 218 g/mol. The molecule has 1 fully saturated rings. The predicted molar refractivity (Wildman–Crippen MR) is 54.1 cm³/mol. The summed E-state index contributed by atoms with van der Waals surface area (Å²) in [6.45, 7) is 0. The summed E-state index contributed by atoms with van der Waals surface area (Å²) in [4.78, 5) is 18.7. The van der Waals surface area contributed by atoms with E-state index < -0.39 is 5.97 Å². The van der Waals surface area contributed by atoms with Crippen LogP contribution in [0, 0.1) is 0 Å². The van der Waals surface area contributed by atoms with Crippen LogP contribution in [0.1, 0.15) is 30.3 Å². The standard InChI is InChI=1S/C10H10N4O2/c15-9(16)5-8-12-10-11-4-3-7(6-1-2-6)14(10)13-8/h3-4,6H,1-2,5H2,(H,15,16). The van der Waals surface area contributed by atoms with Crippen molar-refractivity contribution in [3.63, 3.8) is 0 Å². The molecule has 0 bridgehead atoms. The van der Waals surface area contributed by atoms with Crippen molar-refractivity contribution in [2.45, 2.75) is 25.2 Å². The van der Waals surface area contributed by atoms with Crippen molar-refractivity contribution in [2.24, 2.45) is 0 Å². The molecule has 2 aromatic rings. The summed E-state index contributed by atoms with van der Waals surface area (Å²) in [7, 11) is 0. The first-order valence-corrected chi connectivity index (χ1v) is 5.16. The molecule has 1 saturated carbocycles. The molecule has 16 heavy (non-hydrogen) atoms. The maximum absolute atomic E-state index is 10.6. The van der Waals surface area contributed by atoms with Gasteiger partial charge in [0.1, 0.15) is 6.42 Å². The number of carboxylic acid groups (broad SMARTS) is 1. The minimum Gasteiger partial charge on any atom is -0.481 e. The van der Waals surface area contributed by atoms with Crippen LogP contribution in [0.25, 0.3) is 5.78 Å². The Kier molecular flexibility index (Phi) is 1.89. The highest BCUT2D eigenvalue weighted by Crippen LogP contribution is 2.39. The minimum absolute atomic E-state index is 0.159. The van der Waals surface area contributed by atoms with Crippen LogP contribution in [-0.2, 0) is 11.2 Å². The highest BCUT2D eigenvalue weighted by atomic mass is 16.4. The molecule has 0 unspecified atom stereocenters. The van der Waals surface area contributed by atoms with Crippen LogP contribution in [0.4, 0.5) is 0 Å². The van der Waals surface area contributed by atoms with Gasteiger partial charge in [-0.15, -0.1) is 5.10 Å². The Labute approximate surface area is 91.0 Å². The van der Waals surface area contributed by atoms with Gasteiger partial charge >= 0.3 is 5.97 Å². The van der Waals surface area contributed by atoms with Gasteiger partial charge in [-0.3, -0.25) is 4.79 Å². The number of carboxylic acids is 1. The summed E-state index contributed by atoms with van der Waals surface area (Å²) in [6.07, 6.45) is 3.86. The number of fused-ring (bicyclic) bond motifs is 1. The van der Waals surface area contributed by atoms with Gasteiger partial charge in [0.2, 0.25) is 0 Å². The van der Waals surface area contributed by atoms with Crippen LogP contribution < -0.4 is 0 Å². The molecule has 0 aliphatic heterocycles. The van der Waals surface area contributed by atoms with Gasteiger partial charge < -0.3 is 5.11 Å². The summed E-state index contributed by atoms with van der Waals surface area (Å²) in [6, 6.07) is 1.92. The van der Waals surface area contributed by atoms with Crippen LogP contribution in [0.5, 0.6) is 0 Å². The SMILES string of the molecule is O=C(O)Cc1nc2nccc(C3CC3)n2n1. The molecule has 6 heteroatoms. The van der Waals surface area contributed by atoms with Gasteiger partial charge in [0.15, 0.2) is 5.82 Å². The number of hydrogen-bond donors (Lipinski definition) is 1. The Morgan fingerprint density at radius 3 is 3.06 bits per heavy atom. The van der Waals surface area contributed by atoms with E-state index in [0.29, 0.717) is 17.5 Å². The summed E-state index contributed by atoms with van der Waals surface area (Å²) in [5.74, 6) is 0.405. The fourth-order valence-electron chi connectivity index (χ4n) is 1.75. The highest BCUT2D eigenvalue weighted by Gasteiger charge is 2.27. The molecule has 2 heterocycles. The quantitative estimate of drug-likeness (QED) is 0.817. The third kappa shape index (κ3) is 1.52. The molecule has 0 amide bonds. The predicted octanol–water partition coefficient (Wildman–Crippen LogP) is 0.629. The lowest BCUT2D eigenvalue weighted by molar-refractivity contribution is -0.136. The maximum Gasteiger partial charge on any atom is 0.311 e. The first kappa shape index (κ1) is 9.26. The van der Waals surface area contributed by atoms with E-state index in [2.05, 4.69) is 15.1 Å². The van der Waals surface area contributed by atoms with E-state index in [-0.39, 0.29) is 6.42 Å². The molecule has 0 spiro atoms. The van der Waals surface area contributed by atoms with E-state index in [1.165, 1.54) is 0 Å². The second-order valence-electron chi connectivity index (χ2n) is 3.95. The van der Waals surface area contributed by atoms with Gasteiger partial charge in [-0.25, -0.2) is 9.50 Å². The molecular weight excluding hydrogens is 208 g/mol. The van der Waals surface area contributed by atoms with Gasteiger partial charge in [-0.05, 0) is 18.9 Å². The van der Waals surface area contributed by atoms with E-state index >= 15 is 0 Å². The lowest BCUT2D eigenvalue weighted by Gasteiger charge is -1.98. The summed E-state index contributed by atoms with van der Waals surface area (Å²) >= 11 is 0. The van der Waals surface area contributed by atoms with Gasteiger partial charge in [0.05, 0.1) is 5.69 Å². The van der Waals surface area contributed by atoms with Crippen LogP contribution in [0.2, 0.25) is 0 Å². The summed E-state index contributed by atoms with van der Waals surface area (Å²) in [5, 5.41) is 12.8. The van der Waals surface area contributed by atoms with Crippen LogP contribution in [0.3, 0.4) is 0 Å². The molecular formula is C10H10N4O2. The van der Waals surface area contributed by atoms with E-state index in [9.17, 15) is 4.79 Å². The number of carbonyl (C=O) groups is 1. The monoisotopic (exact) mass is 218 g/mol. The molecule has 82 valence electrons. The number of aromatic nitrogens is 4. The zero-order valence-corrected chi connectivity index (χ0v) is 8.50. The van der Waals surface area contributed by atoms with Crippen molar-refractivity contribution in [2.75, 3.05) is 0 Å². The average Bonchev–Trinajstić information content (AvgIpc) is 2.97. The largest absolute Gasteiger partial charge is 0.481 e. The molecule has 6 nitrogen and oxygen atoms in total. The Bertz CT molecular complexity index is 559. The molecule has 0 atom stereocenters. The van der Waals surface area contributed by atoms with Crippen LogP contribution in [-0.4, -0.2) is 30.7 Å². The molecule has 0 aromatic carbocycles. The summed E-state index contributed by atoms with van der Waals surface area (Å²) < 4.78 is 1.66. The molecule has 3 rings (SSSR count). The van der Waals surface area contributed by atoms with E-state index in [1.807, 2.05) is 6.07 Å². The van der Waals surface area contributed by atoms with Crippen LogP contribution >= 0.6 is 0 Å². The molecule has 1 aliphatic rings. The normalized spacial score (nSPS) is 15.5. The lowest BCUT2D eigenvalue weighted by atomic mass is 10.3. The second kappa shape index (κ2) is 3.26. The molecule has 1 N–H and O–H groups in total. The van der Waals surface area contributed by atoms with Crippen molar-refractivity contribution in [1.29, 1.82) is 0 Å². The Balaban J connectivity index is 2.08. The number of nitrogens with zero attached hydrogens (tertiary/aromatic N) is 4. The van der Waals surface area contributed by atoms with Crippen molar-refractivity contribution in [3.8, 4) is 0 Å². The minimum atomic E-state index is -0.927. The first-order valence-electron chi connectivity index (χ1n) is 5.16. The lowest BCUT2D eigenvalue weighted by Crippen LogP contribution is -2.03. The van der Waals surface area contributed by atoms with Crippen LogP contribution in [0.15, 0.2) is 12.3 Å². The molecule has 0 radical (unpaired) electrons. The van der Waals surface area contributed by atoms with Gasteiger partial charge in [0.25, 0.3) is 5.78 Å². The molecule has 0 saturated heterocycles. The van der Waals surface area contributed by atoms with Gasteiger partial charge in [0, 0.05) is 12.1 Å². The third-order valence-electron chi connectivity index (χ3n) is 2.62. The highest BCUT2D eigenvalue weighted by molar-refractivity contribution is 5.69. The van der Waals surface area contributed by atoms with Crippen molar-refractivity contribution < 1.29 is 9.90 Å². The Morgan fingerprint density at radius 2 is 2.38 bits per heavy atom. The molecule has 1 aliphatic carbocycles. The molecule has 2 aromatic heterocycles. The fraction of sp³-hybridized carbons (Fsp3) is 0.400. The van der Waals surface area contributed by atoms with E-state index in [1.54, 1.807) is 10.7 Å². The first-order chi connectivity index (χ1) is 7.74. The van der Waals surface area contributed by atoms with E-state index in [4.69, 9.17) is 5.11 Å². The van der Waals surface area contributed by atoms with Crippen molar-refractivity contribution >= 4 is 11.7 Å². The maximum atomic E-state index is 10.6. The van der Waals surface area contributed by atoms with Crippen molar-refractivity contribution in [3.05, 3.63) is 23.8 Å². The number of aliphatic carboxylic acids is 1. The number of rotatable bonds is 3. The Morgan fingerprint density at radius 1 is 1.56 bits per heavy atom. The third-order valence-corrected chi connectivity index (χ3v) is 2.62. The summed E-state index contributed by atoms with van der Waals surface area (Å²) in [5.41, 5.74) is 1.08. The topological polar surface area (TPSA) is 80.4 Å². The second-order valence-corrected chi connectivity index (χ2v) is 3.95. The zero-order chi connectivity index (χ0) is 11.1. The smallest absolute Gasteiger partial charge is 0.311 e. The fourth-order valence-corrected chi connectivity index (χ4v) is 1.75.